The lowest BCUT2D eigenvalue weighted by atomic mass is 9.91. The molecule has 298 valence electrons. The SMILES string of the molecule is C=CC(=C)N1CCC/C=C\[C@@H]2C[C@@]2(C(=O)NS(=O)(=O)C2CC2)CC(=O)[C@@H]2C[C@@H]3CN2C(=O)[C@@H](CC(=O)OCCC/C=C/c2cc4c(nccc4cc2OC)O3)C1. The molecule has 5 bridgehead atoms. The Morgan fingerprint density at radius 2 is 1.93 bits per heavy atom. The molecule has 3 aliphatic heterocycles. The molecule has 7 rings (SSSR count). The van der Waals surface area contributed by atoms with E-state index in [1.54, 1.807) is 19.4 Å². The number of methoxy groups -OCH3 is 1. The zero-order valence-electron chi connectivity index (χ0n) is 31.8. The molecule has 56 heavy (non-hydrogen) atoms. The number of nitrogens with zero attached hydrogens (tertiary/aromatic N) is 3. The Morgan fingerprint density at radius 1 is 1.12 bits per heavy atom. The van der Waals surface area contributed by atoms with Crippen molar-refractivity contribution >= 4 is 50.4 Å². The average molecular weight is 787 g/mol. The van der Waals surface area contributed by atoms with Crippen LogP contribution < -0.4 is 14.2 Å². The van der Waals surface area contributed by atoms with Crippen LogP contribution in [0, 0.1) is 17.3 Å². The topological polar surface area (TPSA) is 162 Å². The third kappa shape index (κ3) is 8.40. The van der Waals surface area contributed by atoms with Gasteiger partial charge in [0.05, 0.1) is 49.3 Å². The second-order valence-corrected chi connectivity index (χ2v) is 17.5. The number of Topliss-reactive ketones (excluding diaryl/α,β-unsaturated/α-hetero) is 1. The highest BCUT2D eigenvalue weighted by Gasteiger charge is 2.61. The lowest BCUT2D eigenvalue weighted by Crippen LogP contribution is -2.48. The van der Waals surface area contributed by atoms with Crippen LogP contribution in [0.2, 0.25) is 0 Å². The van der Waals surface area contributed by atoms with E-state index in [9.17, 15) is 27.6 Å². The second kappa shape index (κ2) is 16.2. The minimum atomic E-state index is -3.87. The minimum absolute atomic E-state index is 0.0166. The van der Waals surface area contributed by atoms with Gasteiger partial charge in [-0.3, -0.25) is 23.9 Å². The standard InChI is InChI=1S/C42H50N4O9S/c1-4-27(2)45-17-9-5-8-12-31-23-42(31,41(50)44-56(51,52)33-13-14-33)24-36(47)35-22-32-26-46(35)40(49)30(25-45)21-38(48)54-18-10-6-7-11-29-19-34-28(20-37(29)53-3)15-16-43-39(34)55-32/h4,7-8,11-12,15-16,19-20,30-33,35H,1-2,5-6,9-10,13-14,17-18,21-26H2,3H3,(H,44,50)/b11-7+,12-8-/t30-,31+,32+,35-,42+/m0/s1. The monoisotopic (exact) mass is 786 g/mol. The number of benzene rings is 1. The number of allylic oxidation sites excluding steroid dienone is 4. The first-order valence-corrected chi connectivity index (χ1v) is 21.0. The number of aromatic nitrogens is 1. The van der Waals surface area contributed by atoms with Crippen molar-refractivity contribution in [2.45, 2.75) is 81.6 Å². The summed E-state index contributed by atoms with van der Waals surface area (Å²) in [6.45, 7) is 8.86. The summed E-state index contributed by atoms with van der Waals surface area (Å²) < 4.78 is 46.0. The fraction of sp³-hybridized carbons (Fsp3) is 0.500. The van der Waals surface area contributed by atoms with E-state index in [1.807, 2.05) is 47.4 Å². The zero-order chi connectivity index (χ0) is 39.6. The van der Waals surface area contributed by atoms with Crippen molar-refractivity contribution in [2.75, 3.05) is 33.4 Å². The first kappa shape index (κ1) is 39.3. The summed E-state index contributed by atoms with van der Waals surface area (Å²) in [5.41, 5.74) is 0.116. The maximum Gasteiger partial charge on any atom is 0.306 e. The Kier molecular flexibility index (Phi) is 11.4. The summed E-state index contributed by atoms with van der Waals surface area (Å²) >= 11 is 0. The van der Waals surface area contributed by atoms with Gasteiger partial charge < -0.3 is 24.0 Å². The number of carbonyl (C=O) groups is 4. The van der Waals surface area contributed by atoms with Gasteiger partial charge in [-0.2, -0.15) is 0 Å². The highest BCUT2D eigenvalue weighted by Crippen LogP contribution is 2.57. The number of pyridine rings is 1. The van der Waals surface area contributed by atoms with E-state index in [0.717, 1.165) is 16.3 Å². The van der Waals surface area contributed by atoms with E-state index in [0.29, 0.717) is 68.8 Å². The quantitative estimate of drug-likeness (QED) is 0.242. The van der Waals surface area contributed by atoms with Gasteiger partial charge in [0.2, 0.25) is 27.7 Å². The van der Waals surface area contributed by atoms with Crippen LogP contribution in [0.4, 0.5) is 0 Å². The number of hydrogen-bond donors (Lipinski definition) is 1. The van der Waals surface area contributed by atoms with Crippen LogP contribution in [0.3, 0.4) is 0 Å². The van der Waals surface area contributed by atoms with Crippen LogP contribution >= 0.6 is 0 Å². The number of carbonyl (C=O) groups excluding carboxylic acids is 4. The number of ketones is 1. The molecule has 4 heterocycles. The number of fused-ring (bicyclic) bond motifs is 4. The Morgan fingerprint density at radius 3 is 2.70 bits per heavy atom. The molecule has 2 amide bonds. The molecular formula is C42H50N4O9S. The number of sulfonamides is 1. The van der Waals surface area contributed by atoms with E-state index >= 15 is 0 Å². The van der Waals surface area contributed by atoms with Gasteiger partial charge in [-0.15, -0.1) is 0 Å². The first-order chi connectivity index (χ1) is 26.9. The van der Waals surface area contributed by atoms with E-state index in [1.165, 1.54) is 4.90 Å². The third-order valence-electron chi connectivity index (χ3n) is 11.6. The number of rotatable bonds is 6. The van der Waals surface area contributed by atoms with Crippen LogP contribution in [0.15, 0.2) is 67.6 Å². The molecule has 0 radical (unpaired) electrons. The molecule has 2 aromatic rings. The molecule has 2 saturated carbocycles. The predicted octanol–water partition coefficient (Wildman–Crippen LogP) is 4.87. The maximum absolute atomic E-state index is 14.9. The first-order valence-electron chi connectivity index (χ1n) is 19.5. The van der Waals surface area contributed by atoms with Crippen molar-refractivity contribution in [3.8, 4) is 11.6 Å². The van der Waals surface area contributed by atoms with Crippen molar-refractivity contribution in [1.29, 1.82) is 0 Å². The highest BCUT2D eigenvalue weighted by molar-refractivity contribution is 7.90. The molecule has 5 atom stereocenters. The Labute approximate surface area is 327 Å². The molecule has 14 heteroatoms. The van der Waals surface area contributed by atoms with E-state index in [2.05, 4.69) is 22.9 Å². The van der Waals surface area contributed by atoms with Gasteiger partial charge in [0.1, 0.15) is 11.9 Å². The summed E-state index contributed by atoms with van der Waals surface area (Å²) in [4.78, 5) is 64.7. The smallest absolute Gasteiger partial charge is 0.306 e. The number of cyclic esters (lactones) is 1. The molecule has 1 saturated heterocycles. The molecule has 13 nitrogen and oxygen atoms in total. The number of hydrogen-bond acceptors (Lipinski definition) is 11. The molecular weight excluding hydrogens is 737 g/mol. The maximum atomic E-state index is 14.9. The van der Waals surface area contributed by atoms with Crippen molar-refractivity contribution in [1.82, 2.24) is 19.5 Å². The predicted molar refractivity (Wildman–Crippen MR) is 210 cm³/mol. The van der Waals surface area contributed by atoms with Gasteiger partial charge in [0.15, 0.2) is 5.78 Å². The van der Waals surface area contributed by atoms with E-state index in [-0.39, 0.29) is 50.7 Å². The van der Waals surface area contributed by atoms with Crippen molar-refractivity contribution in [3.63, 3.8) is 0 Å². The van der Waals surface area contributed by atoms with Crippen LogP contribution in [0.5, 0.6) is 11.6 Å². The van der Waals surface area contributed by atoms with Crippen LogP contribution in [-0.4, -0.2) is 97.5 Å². The van der Waals surface area contributed by atoms with E-state index in [4.69, 9.17) is 14.2 Å². The van der Waals surface area contributed by atoms with Gasteiger partial charge in [-0.25, -0.2) is 13.4 Å². The molecule has 3 fully saturated rings. The van der Waals surface area contributed by atoms with Crippen molar-refractivity contribution in [3.05, 3.63) is 73.1 Å². The van der Waals surface area contributed by atoms with Crippen LogP contribution in [-0.2, 0) is 33.9 Å². The number of nitrogens with one attached hydrogen (secondary N) is 1. The number of ether oxygens (including phenoxy) is 3. The Balaban J connectivity index is 1.28. The minimum Gasteiger partial charge on any atom is -0.496 e. The summed E-state index contributed by atoms with van der Waals surface area (Å²) in [5, 5.41) is 0.942. The molecule has 1 N–H and O–H groups in total. The molecule has 0 spiro atoms. The highest BCUT2D eigenvalue weighted by atomic mass is 32.2. The largest absolute Gasteiger partial charge is 0.496 e. The lowest BCUT2D eigenvalue weighted by molar-refractivity contribution is -0.150. The van der Waals surface area contributed by atoms with Gasteiger partial charge >= 0.3 is 5.97 Å². The van der Waals surface area contributed by atoms with Gasteiger partial charge in [-0.1, -0.05) is 37.5 Å². The average Bonchev–Trinajstić information content (AvgIpc) is 4.10. The second-order valence-electron chi connectivity index (χ2n) is 15.6. The Bertz CT molecular complexity index is 2090. The van der Waals surface area contributed by atoms with Gasteiger partial charge in [0, 0.05) is 48.8 Å². The summed E-state index contributed by atoms with van der Waals surface area (Å²) in [6.07, 6.45) is 13.7. The van der Waals surface area contributed by atoms with E-state index < -0.39 is 56.5 Å². The van der Waals surface area contributed by atoms with Crippen LogP contribution in [0.1, 0.15) is 69.8 Å². The molecule has 0 unspecified atom stereocenters. The Hall–Kier alpha value is -4.98. The lowest BCUT2D eigenvalue weighted by Gasteiger charge is -2.33. The summed E-state index contributed by atoms with van der Waals surface area (Å²) in [7, 11) is -2.27. The van der Waals surface area contributed by atoms with Crippen LogP contribution in [0.25, 0.3) is 16.8 Å². The molecule has 1 aromatic carbocycles. The normalized spacial score (nSPS) is 28.8. The van der Waals surface area contributed by atoms with Crippen molar-refractivity contribution < 1.29 is 41.8 Å². The van der Waals surface area contributed by atoms with Gasteiger partial charge in [-0.05, 0) is 80.5 Å². The third-order valence-corrected chi connectivity index (χ3v) is 13.5. The number of amides is 2. The molecule has 2 aliphatic carbocycles. The molecule has 5 aliphatic rings. The summed E-state index contributed by atoms with van der Waals surface area (Å²) in [6, 6.07) is 4.66. The zero-order valence-corrected chi connectivity index (χ0v) is 32.6. The number of esters is 1. The van der Waals surface area contributed by atoms with Gasteiger partial charge in [0.25, 0.3) is 0 Å². The fourth-order valence-corrected chi connectivity index (χ4v) is 9.55. The molecule has 1 aromatic heterocycles. The van der Waals surface area contributed by atoms with Crippen molar-refractivity contribution in [2.24, 2.45) is 17.3 Å². The fourth-order valence-electron chi connectivity index (χ4n) is 8.16. The summed E-state index contributed by atoms with van der Waals surface area (Å²) in [5.74, 6) is -2.30.